The van der Waals surface area contributed by atoms with Crippen LogP contribution in [0.1, 0.15) is 12.8 Å². The Bertz CT molecular complexity index is 448. The van der Waals surface area contributed by atoms with Crippen molar-refractivity contribution in [3.05, 3.63) is 18.2 Å². The first kappa shape index (κ1) is 13.8. The lowest BCUT2D eigenvalue weighted by Crippen LogP contribution is -2.41. The Labute approximate surface area is 110 Å². The molecule has 1 aromatic rings. The summed E-state index contributed by atoms with van der Waals surface area (Å²) >= 11 is 0. The number of rotatable bonds is 2. The van der Waals surface area contributed by atoms with E-state index in [1.165, 1.54) is 7.11 Å². The number of alkyl halides is 3. The van der Waals surface area contributed by atoms with Gasteiger partial charge in [-0.2, -0.15) is 13.2 Å². The number of nitrogens with zero attached hydrogens (tertiary/aromatic N) is 1. The van der Waals surface area contributed by atoms with Gasteiger partial charge in [-0.25, -0.2) is 0 Å². The number of piperidine rings is 1. The van der Waals surface area contributed by atoms with Gasteiger partial charge in [-0.3, -0.25) is 0 Å². The minimum absolute atomic E-state index is 0.00340. The zero-order chi connectivity index (χ0) is 14.0. The molecule has 0 spiro atoms. The second kappa shape index (κ2) is 5.19. The molecule has 106 valence electrons. The molecule has 0 saturated carbocycles. The third-order valence-corrected chi connectivity index (χ3v) is 3.47. The Kier molecular flexibility index (Phi) is 3.78. The fraction of sp³-hybridized carbons (Fsp3) is 0.538. The van der Waals surface area contributed by atoms with E-state index in [2.05, 4.69) is 0 Å². The Hall–Kier alpha value is -1.59. The van der Waals surface area contributed by atoms with Crippen molar-refractivity contribution < 1.29 is 17.9 Å². The van der Waals surface area contributed by atoms with Crippen LogP contribution in [0.25, 0.3) is 0 Å². The van der Waals surface area contributed by atoms with Crippen LogP contribution in [0.15, 0.2) is 18.2 Å². The van der Waals surface area contributed by atoms with E-state index in [1.54, 1.807) is 23.1 Å². The molecular formula is C13H17F3N2O. The molecule has 0 bridgehead atoms. The van der Waals surface area contributed by atoms with Crippen molar-refractivity contribution >= 4 is 11.4 Å². The molecule has 1 fully saturated rings. The van der Waals surface area contributed by atoms with Crippen molar-refractivity contribution in [3.63, 3.8) is 0 Å². The number of nitrogen functional groups attached to an aromatic ring is 1. The van der Waals surface area contributed by atoms with Crippen LogP contribution in [-0.2, 0) is 0 Å². The predicted octanol–water partition coefficient (Wildman–Crippen LogP) is 3.06. The van der Waals surface area contributed by atoms with Gasteiger partial charge in [0.25, 0.3) is 0 Å². The molecule has 1 aromatic carbocycles. The number of halogens is 3. The van der Waals surface area contributed by atoms with E-state index in [-0.39, 0.29) is 13.0 Å². The normalized spacial score (nSPS) is 20.4. The van der Waals surface area contributed by atoms with Gasteiger partial charge in [0.1, 0.15) is 5.75 Å². The highest BCUT2D eigenvalue weighted by molar-refractivity contribution is 5.62. The van der Waals surface area contributed by atoms with E-state index in [4.69, 9.17) is 10.5 Å². The zero-order valence-corrected chi connectivity index (χ0v) is 10.7. The molecule has 2 N–H and O–H groups in total. The predicted molar refractivity (Wildman–Crippen MR) is 68.4 cm³/mol. The molecule has 1 saturated heterocycles. The summed E-state index contributed by atoms with van der Waals surface area (Å²) < 4.78 is 43.4. The summed E-state index contributed by atoms with van der Waals surface area (Å²) in [5, 5.41) is 0. The Morgan fingerprint density at radius 1 is 1.37 bits per heavy atom. The number of hydrogen-bond donors (Lipinski definition) is 1. The monoisotopic (exact) mass is 274 g/mol. The van der Waals surface area contributed by atoms with E-state index < -0.39 is 12.1 Å². The summed E-state index contributed by atoms with van der Waals surface area (Å²) in [5.74, 6) is -0.767. The van der Waals surface area contributed by atoms with Crippen LogP contribution < -0.4 is 15.4 Å². The molecule has 1 heterocycles. The van der Waals surface area contributed by atoms with Gasteiger partial charge in [0, 0.05) is 24.8 Å². The molecule has 3 nitrogen and oxygen atoms in total. The topological polar surface area (TPSA) is 38.5 Å². The first-order valence-electron chi connectivity index (χ1n) is 6.17. The molecule has 6 heteroatoms. The van der Waals surface area contributed by atoms with Gasteiger partial charge in [0.05, 0.1) is 18.7 Å². The number of ether oxygens (including phenoxy) is 1. The molecule has 0 amide bonds. The van der Waals surface area contributed by atoms with Crippen molar-refractivity contribution in [2.45, 2.75) is 19.0 Å². The molecule has 0 aliphatic carbocycles. The molecule has 1 aliphatic rings. The summed E-state index contributed by atoms with van der Waals surface area (Å²) in [6, 6.07) is 5.08. The maximum Gasteiger partial charge on any atom is 0.393 e. The average molecular weight is 274 g/mol. The molecule has 1 aliphatic heterocycles. The molecule has 0 radical (unpaired) electrons. The number of hydrogen-bond acceptors (Lipinski definition) is 3. The Balaban J connectivity index is 2.17. The maximum absolute atomic E-state index is 12.8. The highest BCUT2D eigenvalue weighted by Gasteiger charge is 2.41. The minimum Gasteiger partial charge on any atom is -0.495 e. The van der Waals surface area contributed by atoms with E-state index in [9.17, 15) is 13.2 Å². The van der Waals surface area contributed by atoms with Crippen LogP contribution in [0.2, 0.25) is 0 Å². The smallest absolute Gasteiger partial charge is 0.393 e. The summed E-state index contributed by atoms with van der Waals surface area (Å²) in [5.41, 5.74) is 6.91. The molecule has 2 rings (SSSR count). The van der Waals surface area contributed by atoms with Crippen molar-refractivity contribution in [1.82, 2.24) is 0 Å². The Morgan fingerprint density at radius 3 is 2.74 bits per heavy atom. The molecule has 1 atom stereocenters. The van der Waals surface area contributed by atoms with Crippen molar-refractivity contribution in [2.75, 3.05) is 30.8 Å². The van der Waals surface area contributed by atoms with Crippen LogP contribution in [0.3, 0.4) is 0 Å². The standard InChI is InChI=1S/C13H17F3N2O/c1-19-12-7-10(4-5-11(12)17)18-6-2-3-9(8-18)13(14,15)16/h4-5,7,9H,2-3,6,8,17H2,1H3/t9-/m0/s1. The van der Waals surface area contributed by atoms with Crippen LogP contribution in [0, 0.1) is 5.92 Å². The summed E-state index contributed by atoms with van der Waals surface area (Å²) in [6.07, 6.45) is -3.39. The van der Waals surface area contributed by atoms with Gasteiger partial charge in [0.15, 0.2) is 0 Å². The summed E-state index contributed by atoms with van der Waals surface area (Å²) in [7, 11) is 1.49. The van der Waals surface area contributed by atoms with Gasteiger partial charge in [0.2, 0.25) is 0 Å². The molecule has 0 aromatic heterocycles. The molecule has 0 unspecified atom stereocenters. The zero-order valence-electron chi connectivity index (χ0n) is 10.7. The number of benzene rings is 1. The number of methoxy groups -OCH3 is 1. The largest absolute Gasteiger partial charge is 0.495 e. The van der Waals surface area contributed by atoms with Crippen LogP contribution in [-0.4, -0.2) is 26.4 Å². The fourth-order valence-corrected chi connectivity index (χ4v) is 2.38. The lowest BCUT2D eigenvalue weighted by Gasteiger charge is -2.35. The fourth-order valence-electron chi connectivity index (χ4n) is 2.38. The number of anilines is 2. The van der Waals surface area contributed by atoms with E-state index in [0.29, 0.717) is 24.4 Å². The third kappa shape index (κ3) is 3.05. The van der Waals surface area contributed by atoms with Crippen molar-refractivity contribution in [1.29, 1.82) is 0 Å². The number of nitrogens with two attached hydrogens (primary N) is 1. The average Bonchev–Trinajstić information content (AvgIpc) is 2.38. The van der Waals surface area contributed by atoms with Gasteiger partial charge in [-0.1, -0.05) is 0 Å². The van der Waals surface area contributed by atoms with Crippen LogP contribution in [0.5, 0.6) is 5.75 Å². The van der Waals surface area contributed by atoms with Crippen LogP contribution >= 0.6 is 0 Å². The van der Waals surface area contributed by atoms with Crippen molar-refractivity contribution in [2.24, 2.45) is 5.92 Å². The summed E-state index contributed by atoms with van der Waals surface area (Å²) in [4.78, 5) is 1.74. The second-order valence-corrected chi connectivity index (χ2v) is 4.75. The van der Waals surface area contributed by atoms with Gasteiger partial charge < -0.3 is 15.4 Å². The maximum atomic E-state index is 12.8. The van der Waals surface area contributed by atoms with Gasteiger partial charge in [-0.05, 0) is 25.0 Å². The van der Waals surface area contributed by atoms with Gasteiger partial charge >= 0.3 is 6.18 Å². The van der Waals surface area contributed by atoms with E-state index in [0.717, 1.165) is 5.69 Å². The third-order valence-electron chi connectivity index (χ3n) is 3.47. The Morgan fingerprint density at radius 2 is 2.11 bits per heavy atom. The lowest BCUT2D eigenvalue weighted by molar-refractivity contribution is -0.175. The summed E-state index contributed by atoms with van der Waals surface area (Å²) in [6.45, 7) is 0.621. The highest BCUT2D eigenvalue weighted by atomic mass is 19.4. The quantitative estimate of drug-likeness (QED) is 0.842. The second-order valence-electron chi connectivity index (χ2n) is 4.75. The lowest BCUT2D eigenvalue weighted by atomic mass is 9.97. The van der Waals surface area contributed by atoms with E-state index >= 15 is 0 Å². The van der Waals surface area contributed by atoms with Crippen LogP contribution in [0.4, 0.5) is 24.5 Å². The van der Waals surface area contributed by atoms with Crippen molar-refractivity contribution in [3.8, 4) is 5.75 Å². The first-order valence-corrected chi connectivity index (χ1v) is 6.17. The van der Waals surface area contributed by atoms with Gasteiger partial charge in [-0.15, -0.1) is 0 Å². The SMILES string of the molecule is COc1cc(N2CCC[C@H](C(F)(F)F)C2)ccc1N. The first-order chi connectivity index (χ1) is 8.91. The molecular weight excluding hydrogens is 257 g/mol. The minimum atomic E-state index is -4.13. The molecule has 19 heavy (non-hydrogen) atoms. The van der Waals surface area contributed by atoms with E-state index in [1.807, 2.05) is 0 Å². The highest BCUT2D eigenvalue weighted by Crippen LogP contribution is 2.36.